The molecule has 3 N–H and O–H groups in total. The van der Waals surface area contributed by atoms with Crippen molar-refractivity contribution in [3.05, 3.63) is 29.8 Å². The number of nitrogens with zero attached hydrogens (tertiary/aromatic N) is 2. The Morgan fingerprint density at radius 3 is 2.61 bits per heavy atom. The van der Waals surface area contributed by atoms with E-state index in [1.807, 2.05) is 24.3 Å². The van der Waals surface area contributed by atoms with Crippen LogP contribution in [-0.2, 0) is 11.3 Å². The van der Waals surface area contributed by atoms with Crippen molar-refractivity contribution >= 4 is 35.8 Å². The van der Waals surface area contributed by atoms with Gasteiger partial charge in [0, 0.05) is 33.8 Å². The third-order valence-corrected chi connectivity index (χ3v) is 5.71. The fourth-order valence-corrected chi connectivity index (χ4v) is 3.85. The highest BCUT2D eigenvalue weighted by molar-refractivity contribution is 14.0. The molecular weight excluding hydrogens is 507 g/mol. The molecule has 0 unspecified atom stereocenters. The van der Waals surface area contributed by atoms with Crippen molar-refractivity contribution in [2.45, 2.75) is 52.0 Å². The molecule has 2 rings (SSSR count). The molecule has 0 aromatic heterocycles. The van der Waals surface area contributed by atoms with Gasteiger partial charge in [-0.05, 0) is 49.3 Å². The molecule has 1 saturated carbocycles. The van der Waals surface area contributed by atoms with Gasteiger partial charge in [0.2, 0.25) is 0 Å². The summed E-state index contributed by atoms with van der Waals surface area (Å²) in [5.74, 6) is 1.38. The van der Waals surface area contributed by atoms with Crippen LogP contribution in [0.2, 0.25) is 0 Å². The first-order valence-electron chi connectivity index (χ1n) is 11.0. The minimum Gasteiger partial charge on any atom is -0.484 e. The van der Waals surface area contributed by atoms with E-state index in [9.17, 15) is 9.90 Å². The van der Waals surface area contributed by atoms with Crippen molar-refractivity contribution in [1.82, 2.24) is 15.5 Å². The topological polar surface area (TPSA) is 86.2 Å². The van der Waals surface area contributed by atoms with Crippen LogP contribution in [0.4, 0.5) is 0 Å². The smallest absolute Gasteiger partial charge is 0.259 e. The molecule has 0 atom stereocenters. The minimum atomic E-state index is -0.0726. The van der Waals surface area contributed by atoms with Gasteiger partial charge in [0.15, 0.2) is 12.6 Å². The third kappa shape index (κ3) is 9.64. The predicted octanol–water partition coefficient (Wildman–Crippen LogP) is 3.16. The van der Waals surface area contributed by atoms with Gasteiger partial charge in [-0.15, -0.1) is 24.0 Å². The summed E-state index contributed by atoms with van der Waals surface area (Å²) in [5.41, 5.74) is 1.18. The molecule has 0 spiro atoms. The maximum atomic E-state index is 11.7. The fraction of sp³-hybridized carbons (Fsp3) is 0.652. The second-order valence-corrected chi connectivity index (χ2v) is 8.31. The largest absolute Gasteiger partial charge is 0.484 e. The molecule has 1 fully saturated rings. The van der Waals surface area contributed by atoms with Gasteiger partial charge in [-0.3, -0.25) is 4.79 Å². The van der Waals surface area contributed by atoms with E-state index in [0.29, 0.717) is 12.3 Å². The summed E-state index contributed by atoms with van der Waals surface area (Å²) in [6.07, 6.45) is 6.91. The van der Waals surface area contributed by atoms with E-state index in [0.717, 1.165) is 43.9 Å². The normalized spacial score (nSPS) is 15.5. The molecule has 0 bridgehead atoms. The Bertz CT molecular complexity index is 686. The Kier molecular flexibility index (Phi) is 12.9. The molecule has 0 aliphatic heterocycles. The zero-order valence-corrected chi connectivity index (χ0v) is 21.5. The molecule has 31 heavy (non-hydrogen) atoms. The lowest BCUT2D eigenvalue weighted by atomic mass is 9.72. The molecule has 1 aromatic carbocycles. The molecule has 7 nitrogen and oxygen atoms in total. The first kappa shape index (κ1) is 27.5. The fourth-order valence-electron chi connectivity index (χ4n) is 3.85. The Hall–Kier alpha value is -1.55. The Balaban J connectivity index is 0.00000480. The number of hydrogen-bond acceptors (Lipinski definition) is 4. The molecule has 0 saturated heterocycles. The molecule has 1 amide bonds. The van der Waals surface area contributed by atoms with Crippen LogP contribution in [0.1, 0.15) is 51.0 Å². The lowest BCUT2D eigenvalue weighted by Crippen LogP contribution is -2.44. The van der Waals surface area contributed by atoms with Crippen molar-refractivity contribution < 1.29 is 14.6 Å². The molecular formula is C23H39IN4O3. The highest BCUT2D eigenvalue weighted by Gasteiger charge is 2.31. The van der Waals surface area contributed by atoms with Gasteiger partial charge in [-0.1, -0.05) is 31.4 Å². The number of likely N-dealkylation sites (N-methyl/N-ethyl adjacent to an activating group) is 1. The first-order chi connectivity index (χ1) is 14.5. The number of aliphatic hydroxyl groups excluding tert-OH is 1. The van der Waals surface area contributed by atoms with Crippen LogP contribution in [0, 0.1) is 5.41 Å². The number of nitrogens with one attached hydrogen (secondary N) is 2. The number of guanidine groups is 1. The number of rotatable bonds is 10. The van der Waals surface area contributed by atoms with Gasteiger partial charge in [-0.25, -0.2) is 4.99 Å². The van der Waals surface area contributed by atoms with Crippen LogP contribution in [0.5, 0.6) is 5.75 Å². The third-order valence-electron chi connectivity index (χ3n) is 5.71. The van der Waals surface area contributed by atoms with Crippen molar-refractivity contribution in [2.24, 2.45) is 10.4 Å². The van der Waals surface area contributed by atoms with Gasteiger partial charge in [-0.2, -0.15) is 0 Å². The Morgan fingerprint density at radius 1 is 1.23 bits per heavy atom. The molecule has 8 heteroatoms. The number of amides is 1. The SMILES string of the molecule is CCNC(=NCc1cccc(OCC(=O)N(C)C)c1)NCC1(CCO)CCCCC1.I. The van der Waals surface area contributed by atoms with E-state index < -0.39 is 0 Å². The summed E-state index contributed by atoms with van der Waals surface area (Å²) in [6, 6.07) is 7.69. The predicted molar refractivity (Wildman–Crippen MR) is 136 cm³/mol. The van der Waals surface area contributed by atoms with E-state index in [2.05, 4.69) is 17.6 Å². The van der Waals surface area contributed by atoms with Gasteiger partial charge in [0.1, 0.15) is 5.75 Å². The number of hydrogen-bond donors (Lipinski definition) is 3. The standard InChI is InChI=1S/C23H38N4O3.HI/c1-4-24-22(26-18-23(13-14-28)11-6-5-7-12-23)25-16-19-9-8-10-20(15-19)30-17-21(29)27(2)3;/h8-10,15,28H,4-7,11-14,16-18H2,1-3H3,(H2,24,25,26);1H. The summed E-state index contributed by atoms with van der Waals surface area (Å²) in [7, 11) is 3.42. The monoisotopic (exact) mass is 546 g/mol. The van der Waals surface area contributed by atoms with E-state index in [4.69, 9.17) is 9.73 Å². The van der Waals surface area contributed by atoms with Crippen LogP contribution >= 0.6 is 24.0 Å². The Morgan fingerprint density at radius 2 is 1.97 bits per heavy atom. The highest BCUT2D eigenvalue weighted by atomic mass is 127. The summed E-state index contributed by atoms with van der Waals surface area (Å²) in [5, 5.41) is 16.3. The molecule has 176 valence electrons. The second kappa shape index (κ2) is 14.5. The maximum absolute atomic E-state index is 11.7. The first-order valence-corrected chi connectivity index (χ1v) is 11.0. The van der Waals surface area contributed by atoms with Gasteiger partial charge < -0.3 is 25.4 Å². The second-order valence-electron chi connectivity index (χ2n) is 8.31. The van der Waals surface area contributed by atoms with Crippen molar-refractivity contribution in [2.75, 3.05) is 40.4 Å². The number of ether oxygens (including phenoxy) is 1. The van der Waals surface area contributed by atoms with E-state index in [1.165, 1.54) is 24.2 Å². The quantitative estimate of drug-likeness (QED) is 0.239. The lowest BCUT2D eigenvalue weighted by Gasteiger charge is -2.37. The zero-order valence-electron chi connectivity index (χ0n) is 19.2. The minimum absolute atomic E-state index is 0. The van der Waals surface area contributed by atoms with Crippen LogP contribution in [0.15, 0.2) is 29.3 Å². The van der Waals surface area contributed by atoms with Crippen molar-refractivity contribution in [3.8, 4) is 5.75 Å². The zero-order chi connectivity index (χ0) is 21.8. The molecule has 0 radical (unpaired) electrons. The number of aliphatic imine (C=N–C) groups is 1. The van der Waals surface area contributed by atoms with Crippen LogP contribution in [0.25, 0.3) is 0 Å². The summed E-state index contributed by atoms with van der Waals surface area (Å²) in [6.45, 7) is 4.44. The molecule has 0 heterocycles. The van der Waals surface area contributed by atoms with Crippen LogP contribution in [0.3, 0.4) is 0 Å². The van der Waals surface area contributed by atoms with Gasteiger partial charge in [0.05, 0.1) is 6.54 Å². The molecule has 1 aromatic rings. The van der Waals surface area contributed by atoms with Gasteiger partial charge >= 0.3 is 0 Å². The summed E-state index contributed by atoms with van der Waals surface area (Å²) >= 11 is 0. The Labute approximate surface area is 204 Å². The van der Waals surface area contributed by atoms with Gasteiger partial charge in [0.25, 0.3) is 5.91 Å². The molecule has 1 aliphatic rings. The average molecular weight is 546 g/mol. The van der Waals surface area contributed by atoms with E-state index in [-0.39, 0.29) is 48.5 Å². The van der Waals surface area contributed by atoms with Crippen LogP contribution < -0.4 is 15.4 Å². The maximum Gasteiger partial charge on any atom is 0.259 e. The number of carbonyl (C=O) groups excluding carboxylic acids is 1. The lowest BCUT2D eigenvalue weighted by molar-refractivity contribution is -0.130. The van der Waals surface area contributed by atoms with Crippen molar-refractivity contribution in [3.63, 3.8) is 0 Å². The van der Waals surface area contributed by atoms with E-state index >= 15 is 0 Å². The average Bonchev–Trinajstić information content (AvgIpc) is 2.75. The summed E-state index contributed by atoms with van der Waals surface area (Å²) < 4.78 is 5.60. The number of benzene rings is 1. The highest BCUT2D eigenvalue weighted by Crippen LogP contribution is 2.38. The number of halogens is 1. The number of carbonyl (C=O) groups is 1. The summed E-state index contributed by atoms with van der Waals surface area (Å²) in [4.78, 5) is 17.9. The molecule has 1 aliphatic carbocycles. The van der Waals surface area contributed by atoms with Crippen molar-refractivity contribution in [1.29, 1.82) is 0 Å². The number of aliphatic hydroxyl groups is 1. The van der Waals surface area contributed by atoms with Crippen LogP contribution in [-0.4, -0.2) is 62.3 Å². The van der Waals surface area contributed by atoms with E-state index in [1.54, 1.807) is 14.1 Å².